The van der Waals surface area contributed by atoms with E-state index < -0.39 is 0 Å². The van der Waals surface area contributed by atoms with E-state index in [2.05, 4.69) is 61.5 Å². The number of nitrogens with zero attached hydrogens (tertiary/aromatic N) is 1. The normalized spacial score (nSPS) is 10.9. The summed E-state index contributed by atoms with van der Waals surface area (Å²) in [4.78, 5) is 2.24. The molecule has 0 bridgehead atoms. The van der Waals surface area contributed by atoms with E-state index >= 15 is 0 Å². The summed E-state index contributed by atoms with van der Waals surface area (Å²) < 4.78 is 6.01. The Hall–Kier alpha value is -1.80. The topological polar surface area (TPSA) is 12.5 Å². The molecule has 22 heavy (non-hydrogen) atoms. The molecule has 118 valence electrons. The fraction of sp³-hybridized carbons (Fsp3) is 0.400. The van der Waals surface area contributed by atoms with Crippen molar-refractivity contribution in [2.45, 2.75) is 25.7 Å². The first-order valence-corrected chi connectivity index (χ1v) is 8.19. The zero-order valence-electron chi connectivity index (χ0n) is 13.8. The van der Waals surface area contributed by atoms with Crippen LogP contribution in [0.4, 0.5) is 0 Å². The second kappa shape index (κ2) is 9.26. The van der Waals surface area contributed by atoms with Gasteiger partial charge < -0.3 is 9.64 Å². The molecular weight excluding hydrogens is 270 g/mol. The van der Waals surface area contributed by atoms with Crippen LogP contribution < -0.4 is 4.74 Å². The van der Waals surface area contributed by atoms with E-state index in [1.165, 1.54) is 36.9 Å². The van der Waals surface area contributed by atoms with Crippen LogP contribution in [0.15, 0.2) is 54.6 Å². The highest BCUT2D eigenvalue weighted by molar-refractivity contribution is 5.70. The molecular formula is C20H27NO. The largest absolute Gasteiger partial charge is 0.493 e. The third kappa shape index (κ3) is 5.53. The van der Waals surface area contributed by atoms with Crippen molar-refractivity contribution in [2.24, 2.45) is 0 Å². The van der Waals surface area contributed by atoms with E-state index in [0.717, 1.165) is 18.8 Å². The van der Waals surface area contributed by atoms with Crippen molar-refractivity contribution >= 4 is 0 Å². The van der Waals surface area contributed by atoms with Gasteiger partial charge in [-0.3, -0.25) is 0 Å². The van der Waals surface area contributed by atoms with Gasteiger partial charge in [-0.2, -0.15) is 0 Å². The molecule has 0 radical (unpaired) electrons. The van der Waals surface area contributed by atoms with E-state index in [9.17, 15) is 0 Å². The third-order valence-corrected chi connectivity index (χ3v) is 3.73. The average Bonchev–Trinajstić information content (AvgIpc) is 2.55. The molecule has 2 nitrogen and oxygen atoms in total. The van der Waals surface area contributed by atoms with Crippen molar-refractivity contribution in [1.82, 2.24) is 4.90 Å². The van der Waals surface area contributed by atoms with Crippen molar-refractivity contribution in [3.05, 3.63) is 54.6 Å². The highest BCUT2D eigenvalue weighted by Crippen LogP contribution is 2.29. The van der Waals surface area contributed by atoms with E-state index in [4.69, 9.17) is 4.74 Å². The van der Waals surface area contributed by atoms with Crippen molar-refractivity contribution in [2.75, 3.05) is 27.2 Å². The monoisotopic (exact) mass is 297 g/mol. The lowest BCUT2D eigenvalue weighted by Gasteiger charge is -2.12. The van der Waals surface area contributed by atoms with Crippen LogP contribution in [0.1, 0.15) is 25.7 Å². The standard InChI is InChI=1S/C20H27NO/c1-21(2)16-10-3-4-11-17-22-20-15-9-8-14-19(20)18-12-6-5-7-13-18/h5-9,12-15H,3-4,10-11,16-17H2,1-2H3. The van der Waals surface area contributed by atoms with Crippen LogP contribution in [0.3, 0.4) is 0 Å². The van der Waals surface area contributed by atoms with Crippen LogP contribution in [-0.2, 0) is 0 Å². The van der Waals surface area contributed by atoms with Gasteiger partial charge in [-0.25, -0.2) is 0 Å². The fourth-order valence-corrected chi connectivity index (χ4v) is 2.51. The Labute approximate surface area is 134 Å². The SMILES string of the molecule is CN(C)CCCCCCOc1ccccc1-c1ccccc1. The molecule has 0 aliphatic heterocycles. The van der Waals surface area contributed by atoms with E-state index in [1.54, 1.807) is 0 Å². The molecule has 2 rings (SSSR count). The number of ether oxygens (including phenoxy) is 1. The van der Waals surface area contributed by atoms with E-state index in [0.29, 0.717) is 0 Å². The highest BCUT2D eigenvalue weighted by atomic mass is 16.5. The summed E-state index contributed by atoms with van der Waals surface area (Å²) in [6.07, 6.45) is 4.91. The molecule has 0 heterocycles. The summed E-state index contributed by atoms with van der Waals surface area (Å²) in [6, 6.07) is 18.7. The number of unbranched alkanes of at least 4 members (excludes halogenated alkanes) is 3. The first-order valence-electron chi connectivity index (χ1n) is 8.19. The Balaban J connectivity index is 1.79. The molecule has 2 aromatic carbocycles. The highest BCUT2D eigenvalue weighted by Gasteiger charge is 2.04. The summed E-state index contributed by atoms with van der Waals surface area (Å²) >= 11 is 0. The fourth-order valence-electron chi connectivity index (χ4n) is 2.51. The quantitative estimate of drug-likeness (QED) is 0.613. The summed E-state index contributed by atoms with van der Waals surface area (Å²) in [7, 11) is 4.26. The zero-order valence-corrected chi connectivity index (χ0v) is 13.8. The summed E-state index contributed by atoms with van der Waals surface area (Å²) in [5.74, 6) is 0.988. The Morgan fingerprint density at radius 3 is 2.23 bits per heavy atom. The molecule has 0 unspecified atom stereocenters. The maximum Gasteiger partial charge on any atom is 0.127 e. The van der Waals surface area contributed by atoms with Gasteiger partial charge in [-0.15, -0.1) is 0 Å². The van der Waals surface area contributed by atoms with Gasteiger partial charge in [-0.05, 0) is 45.1 Å². The first kappa shape index (κ1) is 16.6. The average molecular weight is 297 g/mol. The maximum atomic E-state index is 6.01. The van der Waals surface area contributed by atoms with Gasteiger partial charge in [0.1, 0.15) is 5.75 Å². The molecule has 0 aliphatic rings. The van der Waals surface area contributed by atoms with Crippen LogP contribution in [0.2, 0.25) is 0 Å². The minimum atomic E-state index is 0.797. The summed E-state index contributed by atoms with van der Waals surface area (Å²) in [5, 5.41) is 0. The van der Waals surface area contributed by atoms with E-state index in [-0.39, 0.29) is 0 Å². The van der Waals surface area contributed by atoms with Crippen LogP contribution in [0.25, 0.3) is 11.1 Å². The zero-order chi connectivity index (χ0) is 15.6. The lowest BCUT2D eigenvalue weighted by Crippen LogP contribution is -2.12. The molecule has 0 saturated carbocycles. The molecule has 2 heteroatoms. The molecule has 0 aliphatic carbocycles. The predicted octanol–water partition coefficient (Wildman–Crippen LogP) is 4.85. The van der Waals surface area contributed by atoms with Crippen molar-refractivity contribution in [3.63, 3.8) is 0 Å². The van der Waals surface area contributed by atoms with Gasteiger partial charge in [0.05, 0.1) is 6.61 Å². The van der Waals surface area contributed by atoms with Gasteiger partial charge in [-0.1, -0.05) is 61.4 Å². The smallest absolute Gasteiger partial charge is 0.127 e. The van der Waals surface area contributed by atoms with Gasteiger partial charge in [0.15, 0.2) is 0 Å². The van der Waals surface area contributed by atoms with Crippen LogP contribution in [0.5, 0.6) is 5.75 Å². The minimum absolute atomic E-state index is 0.797. The Morgan fingerprint density at radius 1 is 0.773 bits per heavy atom. The lowest BCUT2D eigenvalue weighted by molar-refractivity contribution is 0.303. The molecule has 0 spiro atoms. The Bertz CT molecular complexity index is 536. The first-order chi connectivity index (χ1) is 10.8. The second-order valence-corrected chi connectivity index (χ2v) is 5.93. The lowest BCUT2D eigenvalue weighted by atomic mass is 10.1. The molecule has 0 fully saturated rings. The number of para-hydroxylation sites is 1. The number of hydrogen-bond acceptors (Lipinski definition) is 2. The van der Waals surface area contributed by atoms with Gasteiger partial charge >= 0.3 is 0 Å². The van der Waals surface area contributed by atoms with Gasteiger partial charge in [0, 0.05) is 5.56 Å². The molecule has 0 amide bonds. The van der Waals surface area contributed by atoms with Crippen LogP contribution in [0, 0.1) is 0 Å². The molecule has 0 saturated heterocycles. The Morgan fingerprint density at radius 2 is 1.45 bits per heavy atom. The van der Waals surface area contributed by atoms with Crippen molar-refractivity contribution < 1.29 is 4.74 Å². The third-order valence-electron chi connectivity index (χ3n) is 3.73. The van der Waals surface area contributed by atoms with Crippen LogP contribution in [-0.4, -0.2) is 32.1 Å². The number of hydrogen-bond donors (Lipinski definition) is 0. The number of benzene rings is 2. The van der Waals surface area contributed by atoms with Gasteiger partial charge in [0.25, 0.3) is 0 Å². The molecule has 0 aromatic heterocycles. The predicted molar refractivity (Wildman–Crippen MR) is 94.4 cm³/mol. The van der Waals surface area contributed by atoms with Crippen molar-refractivity contribution in [3.8, 4) is 16.9 Å². The molecule has 0 atom stereocenters. The van der Waals surface area contributed by atoms with Crippen molar-refractivity contribution in [1.29, 1.82) is 0 Å². The Kier molecular flexibility index (Phi) is 6.98. The minimum Gasteiger partial charge on any atom is -0.493 e. The number of rotatable bonds is 9. The molecule has 0 N–H and O–H groups in total. The van der Waals surface area contributed by atoms with Gasteiger partial charge in [0.2, 0.25) is 0 Å². The molecule has 2 aromatic rings. The summed E-state index contributed by atoms with van der Waals surface area (Å²) in [6.45, 7) is 1.98. The maximum absolute atomic E-state index is 6.01. The van der Waals surface area contributed by atoms with Crippen LogP contribution >= 0.6 is 0 Å². The summed E-state index contributed by atoms with van der Waals surface area (Å²) in [5.41, 5.74) is 2.39. The van der Waals surface area contributed by atoms with E-state index in [1.807, 2.05) is 12.1 Å². The second-order valence-electron chi connectivity index (χ2n) is 5.93.